The van der Waals surface area contributed by atoms with E-state index in [0.29, 0.717) is 38.6 Å². The van der Waals surface area contributed by atoms with Crippen LogP contribution in [0.25, 0.3) is 11.0 Å². The maximum atomic E-state index is 12.0. The van der Waals surface area contributed by atoms with Gasteiger partial charge in [-0.05, 0) is 33.2 Å². The summed E-state index contributed by atoms with van der Waals surface area (Å²) < 4.78 is 5.13. The maximum Gasteiger partial charge on any atom is 0.409 e. The number of carbonyl (C=O) groups is 1. The number of piperazine rings is 1. The Hall–Kier alpha value is -2.98. The van der Waals surface area contributed by atoms with E-state index in [0.717, 1.165) is 34.2 Å². The molecule has 0 saturated carbocycles. The van der Waals surface area contributed by atoms with Gasteiger partial charge in [0, 0.05) is 38.1 Å². The summed E-state index contributed by atoms with van der Waals surface area (Å²) in [6, 6.07) is 7.83. The van der Waals surface area contributed by atoms with Crippen molar-refractivity contribution < 1.29 is 9.53 Å². The molecule has 164 valence electrons. The van der Waals surface area contributed by atoms with E-state index >= 15 is 0 Å². The molecule has 9 nitrogen and oxygen atoms in total. The van der Waals surface area contributed by atoms with Gasteiger partial charge in [0.25, 0.3) is 0 Å². The van der Waals surface area contributed by atoms with E-state index in [1.54, 1.807) is 16.2 Å². The number of thiazole rings is 1. The molecule has 0 atom stereocenters. The number of benzene rings is 1. The number of para-hydroxylation sites is 2. The Balaban J connectivity index is 1.58. The Morgan fingerprint density at radius 2 is 1.84 bits per heavy atom. The molecule has 10 heteroatoms. The molecular weight excluding hydrogens is 414 g/mol. The number of amides is 1. The molecule has 4 rings (SSSR count). The molecule has 1 aromatic carbocycles. The standard InChI is InChI=1S/C21H27N7O2S/c1-4-30-21(29)28-11-9-27(10-12-28)19-18(23-16-7-5-6-8-17(16)24-19)25-20-22-15(14-31-20)13-26(2)3/h5-8,14H,4,9-13H2,1-3H3,(H,22,23,25). The second kappa shape index (κ2) is 9.44. The lowest BCUT2D eigenvalue weighted by molar-refractivity contribution is 0.105. The number of ether oxygens (including phenoxy) is 1. The molecule has 31 heavy (non-hydrogen) atoms. The molecule has 0 bridgehead atoms. The first-order chi connectivity index (χ1) is 15.0. The van der Waals surface area contributed by atoms with E-state index in [2.05, 4.69) is 25.5 Å². The molecule has 1 saturated heterocycles. The first-order valence-corrected chi connectivity index (χ1v) is 11.2. The van der Waals surface area contributed by atoms with E-state index in [1.807, 2.05) is 45.3 Å². The minimum absolute atomic E-state index is 0.263. The van der Waals surface area contributed by atoms with Gasteiger partial charge in [-0.15, -0.1) is 11.3 Å². The molecule has 1 fully saturated rings. The average molecular weight is 442 g/mol. The van der Waals surface area contributed by atoms with Gasteiger partial charge in [0.2, 0.25) is 0 Å². The summed E-state index contributed by atoms with van der Waals surface area (Å²) in [5.74, 6) is 1.45. The molecule has 1 aliphatic heterocycles. The van der Waals surface area contributed by atoms with E-state index < -0.39 is 0 Å². The van der Waals surface area contributed by atoms with Crippen molar-refractivity contribution in [3.63, 3.8) is 0 Å². The summed E-state index contributed by atoms with van der Waals surface area (Å²) >= 11 is 1.55. The fraction of sp³-hybridized carbons (Fsp3) is 0.429. The quantitative estimate of drug-likeness (QED) is 0.624. The van der Waals surface area contributed by atoms with Gasteiger partial charge in [-0.3, -0.25) is 0 Å². The van der Waals surface area contributed by atoms with Gasteiger partial charge < -0.3 is 24.8 Å². The highest BCUT2D eigenvalue weighted by molar-refractivity contribution is 7.13. The molecule has 1 N–H and O–H groups in total. The molecule has 3 aromatic rings. The summed E-state index contributed by atoms with van der Waals surface area (Å²) in [5.41, 5.74) is 2.67. The number of hydrogen-bond acceptors (Lipinski definition) is 9. The minimum Gasteiger partial charge on any atom is -0.450 e. The molecule has 1 amide bonds. The van der Waals surface area contributed by atoms with Crippen molar-refractivity contribution in [2.45, 2.75) is 13.5 Å². The Bertz CT molecular complexity index is 1050. The zero-order chi connectivity index (χ0) is 21.8. The Morgan fingerprint density at radius 1 is 1.13 bits per heavy atom. The van der Waals surface area contributed by atoms with Crippen LogP contribution in [0.15, 0.2) is 29.6 Å². The van der Waals surface area contributed by atoms with Crippen molar-refractivity contribution in [1.82, 2.24) is 24.8 Å². The average Bonchev–Trinajstić information content (AvgIpc) is 3.19. The number of fused-ring (bicyclic) bond motifs is 1. The first-order valence-electron chi connectivity index (χ1n) is 10.3. The van der Waals surface area contributed by atoms with Crippen LogP contribution in [0.1, 0.15) is 12.6 Å². The summed E-state index contributed by atoms with van der Waals surface area (Å²) in [5, 5.41) is 6.21. The van der Waals surface area contributed by atoms with Crippen LogP contribution >= 0.6 is 11.3 Å². The zero-order valence-electron chi connectivity index (χ0n) is 18.0. The molecule has 1 aliphatic rings. The molecule has 0 unspecified atom stereocenters. The van der Waals surface area contributed by atoms with Crippen molar-refractivity contribution in [2.24, 2.45) is 0 Å². The summed E-state index contributed by atoms with van der Waals surface area (Å²) in [6.45, 7) is 5.46. The molecule has 2 aromatic heterocycles. The monoisotopic (exact) mass is 441 g/mol. The van der Waals surface area contributed by atoms with Crippen LogP contribution in [0.4, 0.5) is 21.6 Å². The Morgan fingerprint density at radius 3 is 2.52 bits per heavy atom. The smallest absolute Gasteiger partial charge is 0.409 e. The summed E-state index contributed by atoms with van der Waals surface area (Å²) in [6.07, 6.45) is -0.263. The highest BCUT2D eigenvalue weighted by Crippen LogP contribution is 2.30. The van der Waals surface area contributed by atoms with Crippen LogP contribution < -0.4 is 10.2 Å². The normalized spacial score (nSPS) is 14.3. The lowest BCUT2D eigenvalue weighted by Crippen LogP contribution is -2.49. The Kier molecular flexibility index (Phi) is 6.47. The molecule has 0 aliphatic carbocycles. The summed E-state index contributed by atoms with van der Waals surface area (Å²) in [4.78, 5) is 32.4. The number of nitrogens with zero attached hydrogens (tertiary/aromatic N) is 6. The molecule has 0 radical (unpaired) electrons. The zero-order valence-corrected chi connectivity index (χ0v) is 18.9. The lowest BCUT2D eigenvalue weighted by Gasteiger charge is -2.35. The predicted molar refractivity (Wildman–Crippen MR) is 123 cm³/mol. The fourth-order valence-electron chi connectivity index (χ4n) is 3.47. The highest BCUT2D eigenvalue weighted by atomic mass is 32.1. The SMILES string of the molecule is CCOC(=O)N1CCN(c2nc3ccccc3nc2Nc2nc(CN(C)C)cs2)CC1. The van der Waals surface area contributed by atoms with Crippen LogP contribution in [0.5, 0.6) is 0 Å². The first kappa shape index (κ1) is 21.3. The van der Waals surface area contributed by atoms with Crippen LogP contribution in [0.3, 0.4) is 0 Å². The van der Waals surface area contributed by atoms with Crippen molar-refractivity contribution in [1.29, 1.82) is 0 Å². The molecule has 0 spiro atoms. The molecule has 3 heterocycles. The van der Waals surface area contributed by atoms with Crippen LogP contribution in [0.2, 0.25) is 0 Å². The number of anilines is 3. The number of nitrogens with one attached hydrogen (secondary N) is 1. The van der Waals surface area contributed by atoms with Crippen molar-refractivity contribution in [3.05, 3.63) is 35.3 Å². The van der Waals surface area contributed by atoms with E-state index in [4.69, 9.17) is 14.7 Å². The topological polar surface area (TPSA) is 86.7 Å². The van der Waals surface area contributed by atoms with Crippen LogP contribution in [-0.4, -0.2) is 77.7 Å². The summed E-state index contributed by atoms with van der Waals surface area (Å²) in [7, 11) is 4.05. The number of carbonyl (C=O) groups excluding carboxylic acids is 1. The number of rotatable bonds is 6. The fourth-order valence-corrected chi connectivity index (χ4v) is 4.17. The molecular formula is C21H27N7O2S. The largest absolute Gasteiger partial charge is 0.450 e. The second-order valence-corrected chi connectivity index (χ2v) is 8.42. The van der Waals surface area contributed by atoms with Gasteiger partial charge in [-0.1, -0.05) is 12.1 Å². The third-order valence-electron chi connectivity index (χ3n) is 4.91. The van der Waals surface area contributed by atoms with E-state index in [1.165, 1.54) is 0 Å². The van der Waals surface area contributed by atoms with Crippen molar-refractivity contribution in [3.8, 4) is 0 Å². The van der Waals surface area contributed by atoms with Gasteiger partial charge in [0.1, 0.15) is 0 Å². The third-order valence-corrected chi connectivity index (χ3v) is 5.72. The van der Waals surface area contributed by atoms with Gasteiger partial charge in [-0.2, -0.15) is 0 Å². The predicted octanol–water partition coefficient (Wildman–Crippen LogP) is 3.17. The van der Waals surface area contributed by atoms with Crippen LogP contribution in [-0.2, 0) is 11.3 Å². The van der Waals surface area contributed by atoms with Crippen molar-refractivity contribution >= 4 is 45.2 Å². The number of hydrogen-bond donors (Lipinski definition) is 1. The third kappa shape index (κ3) is 5.02. The van der Waals surface area contributed by atoms with Crippen LogP contribution in [0, 0.1) is 0 Å². The van der Waals surface area contributed by atoms with Gasteiger partial charge in [0.15, 0.2) is 16.8 Å². The second-order valence-electron chi connectivity index (χ2n) is 7.56. The van der Waals surface area contributed by atoms with Gasteiger partial charge >= 0.3 is 6.09 Å². The lowest BCUT2D eigenvalue weighted by atomic mass is 10.3. The highest BCUT2D eigenvalue weighted by Gasteiger charge is 2.25. The van der Waals surface area contributed by atoms with Gasteiger partial charge in [0.05, 0.1) is 23.3 Å². The minimum atomic E-state index is -0.263. The van der Waals surface area contributed by atoms with Crippen molar-refractivity contribution in [2.75, 3.05) is 57.1 Å². The van der Waals surface area contributed by atoms with E-state index in [9.17, 15) is 4.79 Å². The van der Waals surface area contributed by atoms with E-state index in [-0.39, 0.29) is 6.09 Å². The maximum absolute atomic E-state index is 12.0. The Labute approximate surface area is 185 Å². The van der Waals surface area contributed by atoms with Gasteiger partial charge in [-0.25, -0.2) is 19.7 Å². The number of aromatic nitrogens is 3.